The molecule has 17 heavy (non-hydrogen) atoms. The van der Waals surface area contributed by atoms with Crippen LogP contribution in [0.25, 0.3) is 0 Å². The highest BCUT2D eigenvalue weighted by Gasteiger charge is 2.25. The summed E-state index contributed by atoms with van der Waals surface area (Å²) in [5.41, 5.74) is -0.129. The molecule has 0 spiro atoms. The fourth-order valence-corrected chi connectivity index (χ4v) is 1.79. The summed E-state index contributed by atoms with van der Waals surface area (Å²) in [5, 5.41) is 0. The molecular formula is C15H15FO. The average molecular weight is 230 g/mol. The molecule has 2 rings (SSSR count). The molecule has 0 bridgehead atoms. The second kappa shape index (κ2) is 4.58. The highest BCUT2D eigenvalue weighted by Crippen LogP contribution is 2.28. The molecule has 0 radical (unpaired) electrons. The van der Waals surface area contributed by atoms with Crippen LogP contribution in [-0.2, 0) is 5.60 Å². The van der Waals surface area contributed by atoms with Gasteiger partial charge in [-0.15, -0.1) is 0 Å². The number of ether oxygens (including phenoxy) is 1. The maximum absolute atomic E-state index is 13.7. The third-order valence-corrected chi connectivity index (χ3v) is 2.64. The first-order chi connectivity index (χ1) is 8.09. The Morgan fingerprint density at radius 2 is 1.47 bits per heavy atom. The van der Waals surface area contributed by atoms with E-state index in [4.69, 9.17) is 4.74 Å². The van der Waals surface area contributed by atoms with Crippen molar-refractivity contribution in [3.8, 4) is 5.75 Å². The first-order valence-corrected chi connectivity index (χ1v) is 5.59. The Labute approximate surface area is 101 Å². The summed E-state index contributed by atoms with van der Waals surface area (Å²) in [6.45, 7) is 3.72. The minimum Gasteiger partial charge on any atom is -0.483 e. The van der Waals surface area contributed by atoms with Gasteiger partial charge in [0.25, 0.3) is 0 Å². The smallest absolute Gasteiger partial charge is 0.131 e. The quantitative estimate of drug-likeness (QED) is 0.770. The van der Waals surface area contributed by atoms with Gasteiger partial charge in [-0.25, -0.2) is 4.39 Å². The third-order valence-electron chi connectivity index (χ3n) is 2.64. The van der Waals surface area contributed by atoms with Crippen molar-refractivity contribution in [2.24, 2.45) is 0 Å². The van der Waals surface area contributed by atoms with Crippen LogP contribution >= 0.6 is 0 Å². The molecule has 0 atom stereocenters. The van der Waals surface area contributed by atoms with Gasteiger partial charge in [-0.1, -0.05) is 36.4 Å². The Morgan fingerprint density at radius 1 is 0.882 bits per heavy atom. The summed E-state index contributed by atoms with van der Waals surface area (Å²) in [6, 6.07) is 16.1. The van der Waals surface area contributed by atoms with Crippen molar-refractivity contribution in [1.82, 2.24) is 0 Å². The van der Waals surface area contributed by atoms with E-state index in [0.717, 1.165) is 5.75 Å². The predicted molar refractivity (Wildman–Crippen MR) is 66.5 cm³/mol. The SMILES string of the molecule is CC(C)(Oc1ccccc1)c1ccccc1F. The van der Waals surface area contributed by atoms with Crippen LogP contribution in [0, 0.1) is 5.82 Å². The van der Waals surface area contributed by atoms with Gasteiger partial charge in [0.1, 0.15) is 17.2 Å². The minimum atomic E-state index is -0.688. The summed E-state index contributed by atoms with van der Waals surface area (Å²) in [4.78, 5) is 0. The van der Waals surface area contributed by atoms with Gasteiger partial charge in [0.2, 0.25) is 0 Å². The summed E-state index contributed by atoms with van der Waals surface area (Å²) < 4.78 is 19.5. The van der Waals surface area contributed by atoms with E-state index in [1.165, 1.54) is 6.07 Å². The minimum absolute atomic E-state index is 0.242. The first-order valence-electron chi connectivity index (χ1n) is 5.59. The van der Waals surface area contributed by atoms with Crippen molar-refractivity contribution in [2.75, 3.05) is 0 Å². The molecule has 2 heteroatoms. The maximum atomic E-state index is 13.7. The first kappa shape index (κ1) is 11.6. The Bertz CT molecular complexity index is 491. The van der Waals surface area contributed by atoms with Crippen molar-refractivity contribution >= 4 is 0 Å². The lowest BCUT2D eigenvalue weighted by Crippen LogP contribution is -2.26. The lowest BCUT2D eigenvalue weighted by atomic mass is 9.97. The van der Waals surface area contributed by atoms with E-state index in [-0.39, 0.29) is 5.82 Å². The Kier molecular flexibility index (Phi) is 3.14. The highest BCUT2D eigenvalue weighted by atomic mass is 19.1. The number of benzene rings is 2. The molecule has 0 saturated heterocycles. The molecule has 2 aromatic rings. The van der Waals surface area contributed by atoms with Gasteiger partial charge < -0.3 is 4.74 Å². The molecule has 2 aromatic carbocycles. The van der Waals surface area contributed by atoms with E-state index in [1.807, 2.05) is 50.2 Å². The van der Waals surface area contributed by atoms with Crippen LogP contribution in [0.4, 0.5) is 4.39 Å². The standard InChI is InChI=1S/C15H15FO/c1-15(2,13-10-6-7-11-14(13)16)17-12-8-4-3-5-9-12/h3-11H,1-2H3. The fourth-order valence-electron chi connectivity index (χ4n) is 1.79. The third kappa shape index (κ3) is 2.64. The lowest BCUT2D eigenvalue weighted by molar-refractivity contribution is 0.104. The molecule has 0 aromatic heterocycles. The molecule has 0 saturated carbocycles. The topological polar surface area (TPSA) is 9.23 Å². The van der Waals surface area contributed by atoms with Crippen LogP contribution in [-0.4, -0.2) is 0 Å². The van der Waals surface area contributed by atoms with Gasteiger partial charge in [-0.05, 0) is 32.0 Å². The van der Waals surface area contributed by atoms with Crippen molar-refractivity contribution in [1.29, 1.82) is 0 Å². The number of hydrogen-bond acceptors (Lipinski definition) is 1. The predicted octanol–water partition coefficient (Wildman–Crippen LogP) is 4.14. The van der Waals surface area contributed by atoms with Crippen molar-refractivity contribution in [3.63, 3.8) is 0 Å². The van der Waals surface area contributed by atoms with Crippen LogP contribution < -0.4 is 4.74 Å². The maximum Gasteiger partial charge on any atom is 0.131 e. The van der Waals surface area contributed by atoms with Crippen LogP contribution in [0.15, 0.2) is 54.6 Å². The van der Waals surface area contributed by atoms with E-state index in [0.29, 0.717) is 5.56 Å². The summed E-state index contributed by atoms with van der Waals surface area (Å²) >= 11 is 0. The fraction of sp³-hybridized carbons (Fsp3) is 0.200. The summed E-state index contributed by atoms with van der Waals surface area (Å²) in [7, 11) is 0. The van der Waals surface area contributed by atoms with Crippen molar-refractivity contribution in [3.05, 3.63) is 66.0 Å². The molecule has 1 nitrogen and oxygen atoms in total. The molecule has 0 aliphatic rings. The van der Waals surface area contributed by atoms with E-state index in [9.17, 15) is 4.39 Å². The summed E-state index contributed by atoms with van der Waals surface area (Å²) in [5.74, 6) is 0.495. The molecule has 0 aliphatic heterocycles. The van der Waals surface area contributed by atoms with E-state index < -0.39 is 5.60 Å². The van der Waals surface area contributed by atoms with Crippen LogP contribution in [0.2, 0.25) is 0 Å². The van der Waals surface area contributed by atoms with E-state index in [1.54, 1.807) is 12.1 Å². The van der Waals surface area contributed by atoms with Gasteiger partial charge in [-0.3, -0.25) is 0 Å². The van der Waals surface area contributed by atoms with Gasteiger partial charge in [0, 0.05) is 5.56 Å². The number of hydrogen-bond donors (Lipinski definition) is 0. The number of para-hydroxylation sites is 1. The van der Waals surface area contributed by atoms with Crippen LogP contribution in [0.5, 0.6) is 5.75 Å². The second-order valence-corrected chi connectivity index (χ2v) is 4.41. The zero-order valence-corrected chi connectivity index (χ0v) is 9.98. The van der Waals surface area contributed by atoms with E-state index >= 15 is 0 Å². The van der Waals surface area contributed by atoms with E-state index in [2.05, 4.69) is 0 Å². The molecule has 0 unspecified atom stereocenters. The Hall–Kier alpha value is -1.83. The normalized spacial score (nSPS) is 11.2. The second-order valence-electron chi connectivity index (χ2n) is 4.41. The van der Waals surface area contributed by atoms with Crippen LogP contribution in [0.3, 0.4) is 0 Å². The van der Waals surface area contributed by atoms with Gasteiger partial charge in [0.15, 0.2) is 0 Å². The largest absolute Gasteiger partial charge is 0.483 e. The number of halogens is 1. The highest BCUT2D eigenvalue weighted by molar-refractivity contribution is 5.27. The molecule has 0 N–H and O–H groups in total. The average Bonchev–Trinajstić information content (AvgIpc) is 2.30. The number of rotatable bonds is 3. The molecule has 88 valence electrons. The molecular weight excluding hydrogens is 215 g/mol. The van der Waals surface area contributed by atoms with Crippen molar-refractivity contribution < 1.29 is 9.13 Å². The Balaban J connectivity index is 2.28. The zero-order chi connectivity index (χ0) is 12.3. The summed E-state index contributed by atoms with van der Waals surface area (Å²) in [6.07, 6.45) is 0. The molecule has 0 amide bonds. The monoisotopic (exact) mass is 230 g/mol. The zero-order valence-electron chi connectivity index (χ0n) is 9.98. The van der Waals surface area contributed by atoms with Gasteiger partial charge in [0.05, 0.1) is 0 Å². The molecule has 0 aliphatic carbocycles. The van der Waals surface area contributed by atoms with Gasteiger partial charge >= 0.3 is 0 Å². The van der Waals surface area contributed by atoms with Gasteiger partial charge in [-0.2, -0.15) is 0 Å². The molecule has 0 fully saturated rings. The molecule has 0 heterocycles. The lowest BCUT2D eigenvalue weighted by Gasteiger charge is -2.27. The van der Waals surface area contributed by atoms with Crippen LogP contribution in [0.1, 0.15) is 19.4 Å². The Morgan fingerprint density at radius 3 is 2.12 bits per heavy atom. The van der Waals surface area contributed by atoms with Crippen molar-refractivity contribution in [2.45, 2.75) is 19.4 Å².